The first-order valence-corrected chi connectivity index (χ1v) is 25.0. The van der Waals surface area contributed by atoms with Crippen LogP contribution >= 0.6 is 22.7 Å². The maximum atomic E-state index is 6.63. The van der Waals surface area contributed by atoms with Crippen molar-refractivity contribution in [2.45, 2.75) is 0 Å². The van der Waals surface area contributed by atoms with Crippen LogP contribution in [0.1, 0.15) is 0 Å². The summed E-state index contributed by atoms with van der Waals surface area (Å²) in [6, 6.07) is 78.0. The second-order valence-corrected chi connectivity index (χ2v) is 20.0. The van der Waals surface area contributed by atoms with Gasteiger partial charge in [0.15, 0.2) is 17.5 Å². The molecule has 70 heavy (non-hydrogen) atoms. The minimum atomic E-state index is 0.596. The van der Waals surface area contributed by atoms with Crippen LogP contribution in [0.2, 0.25) is 0 Å². The number of rotatable bonds is 6. The molecule has 0 radical (unpaired) electrons. The van der Waals surface area contributed by atoms with Crippen LogP contribution in [0.4, 0.5) is 0 Å². The van der Waals surface area contributed by atoms with E-state index in [1.54, 1.807) is 11.3 Å². The number of fused-ring (bicyclic) bond motifs is 12. The average molecular weight is 929 g/mol. The molecule has 0 atom stereocenters. The lowest BCUT2D eigenvalue weighted by Gasteiger charge is -2.10. The van der Waals surface area contributed by atoms with E-state index in [1.165, 1.54) is 63.1 Å². The normalized spacial score (nSPS) is 12.0. The molecule has 15 rings (SSSR count). The predicted octanol–water partition coefficient (Wildman–Crippen LogP) is 17.9. The Balaban J connectivity index is 0.898. The monoisotopic (exact) mass is 928 g/mol. The fourth-order valence-corrected chi connectivity index (χ4v) is 13.1. The van der Waals surface area contributed by atoms with E-state index in [1.807, 2.05) is 41.7 Å². The lowest BCUT2D eigenvalue weighted by Crippen LogP contribution is -2.00. The first-order chi connectivity index (χ1) is 34.7. The Morgan fingerprint density at radius 3 is 1.66 bits per heavy atom. The van der Waals surface area contributed by atoms with Gasteiger partial charge in [-0.2, -0.15) is 0 Å². The Hall–Kier alpha value is -8.75. The summed E-state index contributed by atoms with van der Waals surface area (Å²) in [5, 5.41) is 9.42. The molecule has 0 aliphatic rings. The standard InChI is InChI=1S/C63H36N4OS2/c1-3-14-37(15-4-1)61-64-62(66-63(65-61)49-24-12-22-47-45-19-8-10-27-57(45)70-60(47)49)48-23-13-25-55-58(48)51-35-39(30-33-54(51)68-55)38-29-32-52-50(34-38)43-31-28-40(36-53(43)67(52)41-16-5-2-6-17-41)42-20-11-21-46-44-18-7-9-26-56(44)69-59(42)46/h1-36H. The molecule has 5 aromatic heterocycles. The lowest BCUT2D eigenvalue weighted by atomic mass is 9.98. The summed E-state index contributed by atoms with van der Waals surface area (Å²) in [6.45, 7) is 0. The Labute approximate surface area is 408 Å². The molecule has 7 heteroatoms. The molecule has 0 unspecified atom stereocenters. The number of furan rings is 1. The Morgan fingerprint density at radius 2 is 0.900 bits per heavy atom. The fraction of sp³-hybridized carbons (Fsp3) is 0. The highest BCUT2D eigenvalue weighted by atomic mass is 32.1. The van der Waals surface area contributed by atoms with Crippen molar-refractivity contribution < 1.29 is 4.42 Å². The van der Waals surface area contributed by atoms with Crippen molar-refractivity contribution in [2.75, 3.05) is 0 Å². The molecule has 5 nitrogen and oxygen atoms in total. The van der Waals surface area contributed by atoms with Crippen LogP contribution in [-0.2, 0) is 0 Å². The SMILES string of the molecule is c1ccc(-c2nc(-c3cccc4c3sc3ccccc34)nc(-c3cccc4oc5ccc(-c6ccc7c(c6)c6ccc(-c8cccc9c8sc8ccccc89)cc6n7-c6ccccc6)cc5c34)n2)cc1. The first kappa shape index (κ1) is 39.3. The van der Waals surface area contributed by atoms with Gasteiger partial charge >= 0.3 is 0 Å². The van der Waals surface area contributed by atoms with Gasteiger partial charge in [-0.1, -0.05) is 152 Å². The van der Waals surface area contributed by atoms with Crippen molar-refractivity contribution in [3.63, 3.8) is 0 Å². The zero-order chi connectivity index (χ0) is 45.9. The number of para-hydroxylation sites is 1. The highest BCUT2D eigenvalue weighted by molar-refractivity contribution is 7.26. The van der Waals surface area contributed by atoms with E-state index in [2.05, 4.69) is 193 Å². The summed E-state index contributed by atoms with van der Waals surface area (Å²) in [5.74, 6) is 1.86. The number of benzene rings is 10. The third-order valence-electron chi connectivity index (χ3n) is 13.9. The smallest absolute Gasteiger partial charge is 0.165 e. The maximum Gasteiger partial charge on any atom is 0.165 e. The molecule has 0 fully saturated rings. The Kier molecular flexibility index (Phi) is 8.63. The average Bonchev–Trinajstić information content (AvgIpc) is 4.19. The molecule has 10 aromatic carbocycles. The summed E-state index contributed by atoms with van der Waals surface area (Å²) in [4.78, 5) is 15.7. The second-order valence-electron chi connectivity index (χ2n) is 17.9. The van der Waals surface area contributed by atoms with E-state index in [9.17, 15) is 0 Å². The van der Waals surface area contributed by atoms with E-state index in [0.717, 1.165) is 65.7 Å². The Bertz CT molecular complexity index is 4600. The van der Waals surface area contributed by atoms with Crippen molar-refractivity contribution in [1.82, 2.24) is 19.5 Å². The van der Waals surface area contributed by atoms with Crippen LogP contribution in [-0.4, -0.2) is 19.5 Å². The van der Waals surface area contributed by atoms with Crippen LogP contribution in [0.15, 0.2) is 223 Å². The summed E-state index contributed by atoms with van der Waals surface area (Å²) < 4.78 is 14.1. The number of hydrogen-bond donors (Lipinski definition) is 0. The molecule has 0 spiro atoms. The number of hydrogen-bond acceptors (Lipinski definition) is 6. The lowest BCUT2D eigenvalue weighted by molar-refractivity contribution is 0.669. The van der Waals surface area contributed by atoms with Gasteiger partial charge in [0.05, 0.1) is 11.0 Å². The summed E-state index contributed by atoms with van der Waals surface area (Å²) in [6.07, 6.45) is 0. The van der Waals surface area contributed by atoms with Gasteiger partial charge in [-0.25, -0.2) is 15.0 Å². The van der Waals surface area contributed by atoms with Crippen LogP contribution in [0.25, 0.3) is 146 Å². The van der Waals surface area contributed by atoms with Gasteiger partial charge in [0, 0.05) is 84.3 Å². The summed E-state index contributed by atoms with van der Waals surface area (Å²) in [5.41, 5.74) is 12.5. The van der Waals surface area contributed by atoms with Gasteiger partial charge in [0.1, 0.15) is 11.2 Å². The van der Waals surface area contributed by atoms with Crippen molar-refractivity contribution in [3.05, 3.63) is 218 Å². The topological polar surface area (TPSA) is 56.7 Å². The van der Waals surface area contributed by atoms with Crippen LogP contribution in [0.5, 0.6) is 0 Å². The molecule has 0 saturated carbocycles. The molecule has 15 aromatic rings. The zero-order valence-corrected chi connectivity index (χ0v) is 38.9. The summed E-state index contributed by atoms with van der Waals surface area (Å²) in [7, 11) is 0. The molecule has 0 bridgehead atoms. The van der Waals surface area contributed by atoms with Gasteiger partial charge in [-0.15, -0.1) is 22.7 Å². The molecule has 0 aliphatic heterocycles. The third-order valence-corrected chi connectivity index (χ3v) is 16.3. The maximum absolute atomic E-state index is 6.63. The highest BCUT2D eigenvalue weighted by Gasteiger charge is 2.22. The molecular weight excluding hydrogens is 893 g/mol. The molecule has 0 N–H and O–H groups in total. The molecule has 5 heterocycles. The second kappa shape index (κ2) is 15.4. The van der Waals surface area contributed by atoms with Gasteiger partial charge in [-0.3, -0.25) is 0 Å². The van der Waals surface area contributed by atoms with Gasteiger partial charge in [0.25, 0.3) is 0 Å². The molecular formula is C63H36N4OS2. The van der Waals surface area contributed by atoms with Crippen LogP contribution < -0.4 is 0 Å². The van der Waals surface area contributed by atoms with Gasteiger partial charge in [-0.05, 0) is 89.0 Å². The van der Waals surface area contributed by atoms with Crippen molar-refractivity contribution in [3.8, 4) is 62.1 Å². The summed E-state index contributed by atoms with van der Waals surface area (Å²) >= 11 is 3.65. The van der Waals surface area contributed by atoms with Crippen LogP contribution in [0, 0.1) is 0 Å². The van der Waals surface area contributed by atoms with Gasteiger partial charge < -0.3 is 8.98 Å². The molecule has 0 amide bonds. The molecule has 326 valence electrons. The van der Waals surface area contributed by atoms with Crippen LogP contribution in [0.3, 0.4) is 0 Å². The fourth-order valence-electron chi connectivity index (χ4n) is 10.6. The van der Waals surface area contributed by atoms with Gasteiger partial charge in [0.2, 0.25) is 0 Å². The van der Waals surface area contributed by atoms with Crippen molar-refractivity contribution >= 4 is 107 Å². The van der Waals surface area contributed by atoms with E-state index in [0.29, 0.717) is 17.5 Å². The van der Waals surface area contributed by atoms with Crippen molar-refractivity contribution in [1.29, 1.82) is 0 Å². The van der Waals surface area contributed by atoms with E-state index < -0.39 is 0 Å². The Morgan fingerprint density at radius 1 is 0.329 bits per heavy atom. The van der Waals surface area contributed by atoms with E-state index in [4.69, 9.17) is 19.4 Å². The predicted molar refractivity (Wildman–Crippen MR) is 294 cm³/mol. The number of thiophene rings is 2. The molecule has 0 aliphatic carbocycles. The van der Waals surface area contributed by atoms with Crippen molar-refractivity contribution in [2.24, 2.45) is 0 Å². The zero-order valence-electron chi connectivity index (χ0n) is 37.3. The minimum absolute atomic E-state index is 0.596. The minimum Gasteiger partial charge on any atom is -0.456 e. The number of nitrogens with zero attached hydrogens (tertiary/aromatic N) is 4. The van der Waals surface area contributed by atoms with E-state index >= 15 is 0 Å². The number of aromatic nitrogens is 4. The quantitative estimate of drug-likeness (QED) is 0.167. The van der Waals surface area contributed by atoms with E-state index in [-0.39, 0.29) is 0 Å². The molecule has 0 saturated heterocycles. The first-order valence-electron chi connectivity index (χ1n) is 23.4. The third kappa shape index (κ3) is 6.05. The largest absolute Gasteiger partial charge is 0.456 e. The highest BCUT2D eigenvalue weighted by Crippen LogP contribution is 2.45.